The molecule has 1 fully saturated rings. The fourth-order valence-electron chi connectivity index (χ4n) is 3.27. The van der Waals surface area contributed by atoms with E-state index >= 15 is 0 Å². The van der Waals surface area contributed by atoms with Crippen molar-refractivity contribution in [3.05, 3.63) is 29.8 Å². The largest absolute Gasteiger partial charge is 0.416 e. The van der Waals surface area contributed by atoms with Crippen LogP contribution in [0.2, 0.25) is 0 Å². The monoisotopic (exact) mass is 430 g/mol. The van der Waals surface area contributed by atoms with Crippen LogP contribution in [0.15, 0.2) is 29.2 Å². The highest BCUT2D eigenvalue weighted by Gasteiger charge is 2.32. The third-order valence-electron chi connectivity index (χ3n) is 4.78. The van der Waals surface area contributed by atoms with Crippen molar-refractivity contribution in [1.82, 2.24) is 9.62 Å². The minimum Gasteiger partial charge on any atom is -0.390 e. The van der Waals surface area contributed by atoms with Gasteiger partial charge in [-0.2, -0.15) is 13.2 Å². The van der Waals surface area contributed by atoms with Gasteiger partial charge in [0.25, 0.3) is 0 Å². The highest BCUT2D eigenvalue weighted by Crippen LogP contribution is 2.30. The molecule has 2 rings (SSSR count). The number of hydrogen-bond acceptors (Lipinski definition) is 4. The van der Waals surface area contributed by atoms with E-state index in [-0.39, 0.29) is 19.0 Å². The zero-order valence-corrected chi connectivity index (χ0v) is 16.9. The maximum atomic E-state index is 12.7. The number of likely N-dealkylation sites (tertiary alicyclic amines) is 1. The first-order chi connectivity index (χ1) is 12.0. The number of sulfonamides is 1. The number of nitrogens with zero attached hydrogens (tertiary/aromatic N) is 1. The molecule has 0 saturated carbocycles. The second kappa shape index (κ2) is 9.56. The fourth-order valence-corrected chi connectivity index (χ4v) is 4.39. The van der Waals surface area contributed by atoms with Crippen LogP contribution in [0.5, 0.6) is 0 Å². The van der Waals surface area contributed by atoms with E-state index in [0.717, 1.165) is 37.5 Å². The predicted molar refractivity (Wildman–Crippen MR) is 99.4 cm³/mol. The van der Waals surface area contributed by atoms with Crippen LogP contribution in [0.1, 0.15) is 38.7 Å². The lowest BCUT2D eigenvalue weighted by molar-refractivity contribution is -0.137. The van der Waals surface area contributed by atoms with E-state index in [1.807, 2.05) is 0 Å². The molecule has 0 spiro atoms. The molecule has 1 aromatic carbocycles. The first kappa shape index (κ1) is 24.2. The van der Waals surface area contributed by atoms with Crippen molar-refractivity contribution in [1.29, 1.82) is 0 Å². The molecular weight excluding hydrogens is 405 g/mol. The van der Waals surface area contributed by atoms with Crippen LogP contribution in [-0.2, 0) is 16.2 Å². The molecule has 3 atom stereocenters. The number of halogens is 4. The van der Waals surface area contributed by atoms with Gasteiger partial charge in [-0.05, 0) is 44.9 Å². The zero-order chi connectivity index (χ0) is 19.5. The molecular formula is C17H26ClF3N2O3S. The topological polar surface area (TPSA) is 69.6 Å². The third kappa shape index (κ3) is 6.60. The zero-order valence-electron chi connectivity index (χ0n) is 15.2. The summed E-state index contributed by atoms with van der Waals surface area (Å²) in [6, 6.07) is 4.14. The molecule has 0 aromatic heterocycles. The number of piperidine rings is 1. The van der Waals surface area contributed by atoms with Crippen LogP contribution in [0.25, 0.3) is 0 Å². The lowest BCUT2D eigenvalue weighted by Crippen LogP contribution is -2.49. The smallest absolute Gasteiger partial charge is 0.390 e. The molecule has 1 aromatic rings. The van der Waals surface area contributed by atoms with Gasteiger partial charge < -0.3 is 5.11 Å². The standard InChI is InChI=1S/C17H25F3N2O3S.ClH/c1-12-5-3-6-13(2)22(12)11-15(23)10-21-26(24,25)16-8-4-7-14(9-16)17(18,19)20;/h4,7-9,12-13,15,21,23H,3,5-6,10-11H2,1-2H3;1H/t12-,13+,15-;/m0./s1. The van der Waals surface area contributed by atoms with Gasteiger partial charge in [0, 0.05) is 25.2 Å². The Balaban J connectivity index is 0.00000364. The van der Waals surface area contributed by atoms with Gasteiger partial charge in [0.2, 0.25) is 10.0 Å². The first-order valence-corrected chi connectivity index (χ1v) is 10.1. The van der Waals surface area contributed by atoms with E-state index in [9.17, 15) is 26.7 Å². The minimum atomic E-state index is -4.62. The summed E-state index contributed by atoms with van der Waals surface area (Å²) in [5.41, 5.74) is -1.03. The van der Waals surface area contributed by atoms with Gasteiger partial charge in [-0.15, -0.1) is 12.4 Å². The van der Waals surface area contributed by atoms with Gasteiger partial charge in [0.1, 0.15) is 0 Å². The highest BCUT2D eigenvalue weighted by molar-refractivity contribution is 7.89. The molecule has 1 aliphatic heterocycles. The number of nitrogens with one attached hydrogen (secondary N) is 1. The Morgan fingerprint density at radius 1 is 1.26 bits per heavy atom. The second-order valence-corrected chi connectivity index (χ2v) is 8.62. The Labute approximate surface area is 164 Å². The van der Waals surface area contributed by atoms with Crippen molar-refractivity contribution < 1.29 is 26.7 Å². The Morgan fingerprint density at radius 2 is 1.85 bits per heavy atom. The van der Waals surface area contributed by atoms with Gasteiger partial charge in [0.15, 0.2) is 0 Å². The summed E-state index contributed by atoms with van der Waals surface area (Å²) in [5, 5.41) is 10.2. The maximum Gasteiger partial charge on any atom is 0.416 e. The fraction of sp³-hybridized carbons (Fsp3) is 0.647. The molecule has 0 radical (unpaired) electrons. The Bertz CT molecular complexity index is 706. The molecule has 0 aliphatic carbocycles. The number of rotatable bonds is 6. The van der Waals surface area contributed by atoms with Crippen LogP contribution >= 0.6 is 12.4 Å². The Kier molecular flexibility index (Phi) is 8.55. The average molecular weight is 431 g/mol. The summed E-state index contributed by atoms with van der Waals surface area (Å²) < 4.78 is 64.9. The molecule has 0 unspecified atom stereocenters. The van der Waals surface area contributed by atoms with Gasteiger partial charge in [-0.3, -0.25) is 4.90 Å². The molecule has 156 valence electrons. The van der Waals surface area contributed by atoms with Crippen molar-refractivity contribution >= 4 is 22.4 Å². The average Bonchev–Trinajstić information content (AvgIpc) is 2.56. The molecule has 10 heteroatoms. The molecule has 5 nitrogen and oxygen atoms in total. The van der Waals surface area contributed by atoms with E-state index in [1.54, 1.807) is 0 Å². The van der Waals surface area contributed by atoms with Crippen molar-refractivity contribution in [2.45, 2.75) is 62.4 Å². The Hall–Kier alpha value is -0.870. The molecule has 27 heavy (non-hydrogen) atoms. The van der Waals surface area contributed by atoms with Gasteiger partial charge in [-0.1, -0.05) is 12.5 Å². The second-order valence-electron chi connectivity index (χ2n) is 6.86. The van der Waals surface area contributed by atoms with Crippen LogP contribution in [0, 0.1) is 0 Å². The molecule has 1 saturated heterocycles. The number of aliphatic hydroxyl groups is 1. The Morgan fingerprint density at radius 3 is 2.41 bits per heavy atom. The minimum absolute atomic E-state index is 0. The van der Waals surface area contributed by atoms with Crippen LogP contribution in [0.3, 0.4) is 0 Å². The third-order valence-corrected chi connectivity index (χ3v) is 6.20. The van der Waals surface area contributed by atoms with Crippen LogP contribution < -0.4 is 4.72 Å². The number of β-amino-alcohol motifs (C(OH)–C–C–N with tert-alkyl or cyclic N) is 1. The molecule has 1 heterocycles. The lowest BCUT2D eigenvalue weighted by Gasteiger charge is -2.40. The van der Waals surface area contributed by atoms with E-state index in [1.165, 1.54) is 0 Å². The number of alkyl halides is 3. The van der Waals surface area contributed by atoms with Gasteiger partial charge in [-0.25, -0.2) is 13.1 Å². The van der Waals surface area contributed by atoms with Crippen molar-refractivity contribution in [3.8, 4) is 0 Å². The van der Waals surface area contributed by atoms with Crippen LogP contribution in [0.4, 0.5) is 13.2 Å². The van der Waals surface area contributed by atoms with E-state index in [4.69, 9.17) is 0 Å². The van der Waals surface area contributed by atoms with Crippen molar-refractivity contribution in [3.63, 3.8) is 0 Å². The van der Waals surface area contributed by atoms with Crippen molar-refractivity contribution in [2.75, 3.05) is 13.1 Å². The van der Waals surface area contributed by atoms with Gasteiger partial charge in [0.05, 0.1) is 16.6 Å². The quantitative estimate of drug-likeness (QED) is 0.727. The summed E-state index contributed by atoms with van der Waals surface area (Å²) in [5.74, 6) is 0. The van der Waals surface area contributed by atoms with Crippen molar-refractivity contribution in [2.24, 2.45) is 0 Å². The summed E-state index contributed by atoms with van der Waals surface area (Å²) in [7, 11) is -4.13. The first-order valence-electron chi connectivity index (χ1n) is 8.61. The van der Waals surface area contributed by atoms with Gasteiger partial charge >= 0.3 is 6.18 Å². The molecule has 0 bridgehead atoms. The maximum absolute atomic E-state index is 12.7. The summed E-state index contributed by atoms with van der Waals surface area (Å²) >= 11 is 0. The predicted octanol–water partition coefficient (Wildman–Crippen LogP) is 3.03. The van der Waals surface area contributed by atoms with E-state index in [2.05, 4.69) is 23.5 Å². The summed E-state index contributed by atoms with van der Waals surface area (Å²) in [6.07, 6.45) is -2.40. The number of hydrogen-bond donors (Lipinski definition) is 2. The summed E-state index contributed by atoms with van der Waals surface area (Å²) in [4.78, 5) is 1.66. The summed E-state index contributed by atoms with van der Waals surface area (Å²) in [6.45, 7) is 4.19. The van der Waals surface area contributed by atoms with E-state index in [0.29, 0.717) is 24.7 Å². The lowest BCUT2D eigenvalue weighted by atomic mass is 9.97. The van der Waals surface area contributed by atoms with E-state index < -0.39 is 32.8 Å². The number of aliphatic hydroxyl groups excluding tert-OH is 1. The molecule has 2 N–H and O–H groups in total. The number of benzene rings is 1. The SMILES string of the molecule is C[C@@H]1CCC[C@H](C)N1C[C@@H](O)CNS(=O)(=O)c1cccc(C(F)(F)F)c1.Cl. The highest BCUT2D eigenvalue weighted by atomic mass is 35.5. The molecule has 1 aliphatic rings. The van der Waals surface area contributed by atoms with Crippen LogP contribution in [-0.4, -0.2) is 49.7 Å². The molecule has 0 amide bonds. The normalized spacial score (nSPS) is 22.9.